The van der Waals surface area contributed by atoms with E-state index in [1.165, 1.54) is 12.1 Å². The van der Waals surface area contributed by atoms with Crippen molar-refractivity contribution >= 4 is 23.5 Å². The number of nitrogens with one attached hydrogen (secondary N) is 1. The Morgan fingerprint density at radius 3 is 2.38 bits per heavy atom. The summed E-state index contributed by atoms with van der Waals surface area (Å²) in [5.74, 6) is 0. The topological polar surface area (TPSA) is 84.7 Å². The van der Waals surface area contributed by atoms with Gasteiger partial charge in [0, 0.05) is 37.3 Å². The van der Waals surface area contributed by atoms with Crippen molar-refractivity contribution in [3.05, 3.63) is 101 Å². The molecule has 1 fully saturated rings. The number of nitro benzene ring substituents is 1. The van der Waals surface area contributed by atoms with Crippen molar-refractivity contribution in [2.45, 2.75) is 18.9 Å². The molecule has 1 amide bonds. The molecule has 7 nitrogen and oxygen atoms in total. The van der Waals surface area contributed by atoms with Crippen molar-refractivity contribution in [1.82, 2.24) is 4.90 Å². The molecule has 3 aromatic rings. The van der Waals surface area contributed by atoms with E-state index in [1.54, 1.807) is 12.1 Å². The van der Waals surface area contributed by atoms with Crippen molar-refractivity contribution in [2.75, 3.05) is 25.0 Å². The zero-order valence-electron chi connectivity index (χ0n) is 18.8. The first kappa shape index (κ1) is 23.2. The molecular formula is C27H27N3O4. The fourth-order valence-electron chi connectivity index (χ4n) is 4.01. The second-order valence-electron chi connectivity index (χ2n) is 8.19. The number of rotatable bonds is 7. The first-order valence-corrected chi connectivity index (χ1v) is 11.3. The minimum absolute atomic E-state index is 0.0896. The molecule has 1 saturated heterocycles. The Bertz CT molecular complexity index is 1140. The average molecular weight is 458 g/mol. The van der Waals surface area contributed by atoms with E-state index in [0.717, 1.165) is 54.9 Å². The average Bonchev–Trinajstić information content (AvgIpc) is 2.86. The Labute approximate surface area is 198 Å². The van der Waals surface area contributed by atoms with Gasteiger partial charge in [-0.3, -0.25) is 20.3 Å². The van der Waals surface area contributed by atoms with Gasteiger partial charge in [0.2, 0.25) is 0 Å². The fraction of sp³-hybridized carbons (Fsp3) is 0.222. The van der Waals surface area contributed by atoms with Gasteiger partial charge in [-0.15, -0.1) is 0 Å². The number of ether oxygens (including phenoxy) is 1. The maximum absolute atomic E-state index is 12.5. The van der Waals surface area contributed by atoms with E-state index < -0.39 is 11.0 Å². The molecule has 1 aliphatic heterocycles. The predicted octanol–water partition coefficient (Wildman–Crippen LogP) is 5.99. The Morgan fingerprint density at radius 1 is 1.00 bits per heavy atom. The highest BCUT2D eigenvalue weighted by Gasteiger charge is 2.22. The van der Waals surface area contributed by atoms with Gasteiger partial charge in [-0.1, -0.05) is 60.7 Å². The number of amides is 1. The molecule has 0 saturated carbocycles. The lowest BCUT2D eigenvalue weighted by atomic mass is 10.0. The maximum Gasteiger partial charge on any atom is 0.411 e. The van der Waals surface area contributed by atoms with E-state index in [4.69, 9.17) is 4.74 Å². The SMILES string of the molecule is O=C(Nc1ccccc1-c1ccccc1)OC1CCN(C/C=C/c2ccc([N+](=O)[O-])cc2)CC1. The van der Waals surface area contributed by atoms with Crippen molar-refractivity contribution in [3.63, 3.8) is 0 Å². The molecule has 3 aromatic carbocycles. The van der Waals surface area contributed by atoms with Crippen molar-refractivity contribution in [1.29, 1.82) is 0 Å². The van der Waals surface area contributed by atoms with Gasteiger partial charge in [0.15, 0.2) is 0 Å². The first-order chi connectivity index (χ1) is 16.6. The number of non-ortho nitro benzene ring substituents is 1. The lowest BCUT2D eigenvalue weighted by molar-refractivity contribution is -0.384. The molecule has 4 rings (SSSR count). The molecular weight excluding hydrogens is 430 g/mol. The first-order valence-electron chi connectivity index (χ1n) is 11.3. The van der Waals surface area contributed by atoms with E-state index in [2.05, 4.69) is 16.3 Å². The minimum atomic E-state index is -0.431. The molecule has 0 atom stereocenters. The molecule has 34 heavy (non-hydrogen) atoms. The van der Waals surface area contributed by atoms with Crippen LogP contribution in [0.1, 0.15) is 18.4 Å². The van der Waals surface area contributed by atoms with Gasteiger partial charge in [-0.2, -0.15) is 0 Å². The number of hydrogen-bond acceptors (Lipinski definition) is 5. The molecule has 0 spiro atoms. The van der Waals surface area contributed by atoms with Crippen LogP contribution in [0.2, 0.25) is 0 Å². The summed E-state index contributed by atoms with van der Waals surface area (Å²) in [4.78, 5) is 25.2. The fourth-order valence-corrected chi connectivity index (χ4v) is 4.01. The number of para-hydroxylation sites is 1. The molecule has 1 aliphatic rings. The predicted molar refractivity (Wildman–Crippen MR) is 134 cm³/mol. The van der Waals surface area contributed by atoms with Gasteiger partial charge in [0.1, 0.15) is 6.10 Å². The number of piperidine rings is 1. The van der Waals surface area contributed by atoms with E-state index in [0.29, 0.717) is 0 Å². The van der Waals surface area contributed by atoms with E-state index in [-0.39, 0.29) is 11.8 Å². The lowest BCUT2D eigenvalue weighted by Crippen LogP contribution is -2.38. The molecule has 0 bridgehead atoms. The van der Waals surface area contributed by atoms with Crippen LogP contribution in [0.25, 0.3) is 17.2 Å². The number of carbonyl (C=O) groups is 1. The highest BCUT2D eigenvalue weighted by Crippen LogP contribution is 2.28. The molecule has 0 radical (unpaired) electrons. The van der Waals surface area contributed by atoms with Crippen LogP contribution in [-0.2, 0) is 4.74 Å². The number of anilines is 1. The van der Waals surface area contributed by atoms with E-state index in [1.807, 2.05) is 60.7 Å². The van der Waals surface area contributed by atoms with Gasteiger partial charge in [0.05, 0.1) is 10.6 Å². The number of nitro groups is 1. The third-order valence-electron chi connectivity index (χ3n) is 5.83. The molecule has 0 unspecified atom stereocenters. The Kier molecular flexibility index (Phi) is 7.67. The molecule has 174 valence electrons. The summed E-state index contributed by atoms with van der Waals surface area (Å²) in [5.41, 5.74) is 3.73. The Morgan fingerprint density at radius 2 is 1.68 bits per heavy atom. The van der Waals surface area contributed by atoms with Crippen LogP contribution < -0.4 is 5.32 Å². The number of nitrogens with zero attached hydrogens (tertiary/aromatic N) is 2. The third kappa shape index (κ3) is 6.30. The number of benzene rings is 3. The number of likely N-dealkylation sites (tertiary alicyclic amines) is 1. The van der Waals surface area contributed by atoms with Crippen molar-refractivity contribution in [3.8, 4) is 11.1 Å². The highest BCUT2D eigenvalue weighted by molar-refractivity contribution is 5.91. The van der Waals surface area contributed by atoms with Crippen LogP contribution in [0.3, 0.4) is 0 Å². The molecule has 0 aromatic heterocycles. The number of carbonyl (C=O) groups excluding carboxylic acids is 1. The van der Waals surface area contributed by atoms with Crippen molar-refractivity contribution < 1.29 is 14.5 Å². The second-order valence-corrected chi connectivity index (χ2v) is 8.19. The van der Waals surface area contributed by atoms with E-state index >= 15 is 0 Å². The summed E-state index contributed by atoms with van der Waals surface area (Å²) in [5, 5.41) is 13.6. The van der Waals surface area contributed by atoms with E-state index in [9.17, 15) is 14.9 Å². The van der Waals surface area contributed by atoms with Crippen molar-refractivity contribution in [2.24, 2.45) is 0 Å². The van der Waals surface area contributed by atoms with Gasteiger partial charge in [0.25, 0.3) is 5.69 Å². The van der Waals surface area contributed by atoms with Crippen LogP contribution in [0.15, 0.2) is 84.9 Å². The monoisotopic (exact) mass is 457 g/mol. The third-order valence-corrected chi connectivity index (χ3v) is 5.83. The zero-order valence-corrected chi connectivity index (χ0v) is 18.8. The standard InChI is InChI=1S/C27H27N3O4/c31-27(28-26-11-5-4-10-25(26)22-8-2-1-3-9-22)34-24-16-19-29(20-17-24)18-6-7-21-12-14-23(15-13-21)30(32)33/h1-15,24H,16-20H2,(H,28,31)/b7-6+. The van der Waals surface area contributed by atoms with Crippen LogP contribution in [0, 0.1) is 10.1 Å². The Balaban J connectivity index is 1.23. The normalized spacial score (nSPS) is 14.7. The van der Waals surface area contributed by atoms with Crippen LogP contribution >= 0.6 is 0 Å². The maximum atomic E-state index is 12.5. The summed E-state index contributed by atoms with van der Waals surface area (Å²) in [6.07, 6.45) is 5.02. The highest BCUT2D eigenvalue weighted by atomic mass is 16.6. The quantitative estimate of drug-likeness (QED) is 0.348. The molecule has 7 heteroatoms. The van der Waals surface area contributed by atoms with Gasteiger partial charge in [-0.05, 0) is 42.2 Å². The second kappa shape index (κ2) is 11.2. The summed E-state index contributed by atoms with van der Waals surface area (Å²) < 4.78 is 5.69. The summed E-state index contributed by atoms with van der Waals surface area (Å²) in [6, 6.07) is 24.1. The lowest BCUT2D eigenvalue weighted by Gasteiger charge is -2.30. The summed E-state index contributed by atoms with van der Waals surface area (Å²) in [6.45, 7) is 2.45. The van der Waals surface area contributed by atoms with Crippen LogP contribution in [-0.4, -0.2) is 41.7 Å². The van der Waals surface area contributed by atoms with Crippen LogP contribution in [0.4, 0.5) is 16.2 Å². The van der Waals surface area contributed by atoms with Gasteiger partial charge in [-0.25, -0.2) is 4.79 Å². The molecule has 1 heterocycles. The number of hydrogen-bond donors (Lipinski definition) is 1. The zero-order chi connectivity index (χ0) is 23.8. The minimum Gasteiger partial charge on any atom is -0.446 e. The summed E-state index contributed by atoms with van der Waals surface area (Å²) in [7, 11) is 0. The van der Waals surface area contributed by atoms with Gasteiger partial charge < -0.3 is 4.74 Å². The Hall–Kier alpha value is -3.97. The van der Waals surface area contributed by atoms with Gasteiger partial charge >= 0.3 is 6.09 Å². The van der Waals surface area contributed by atoms with Crippen LogP contribution in [0.5, 0.6) is 0 Å². The summed E-state index contributed by atoms with van der Waals surface area (Å²) >= 11 is 0. The molecule has 0 aliphatic carbocycles. The smallest absolute Gasteiger partial charge is 0.411 e. The molecule has 1 N–H and O–H groups in total. The largest absolute Gasteiger partial charge is 0.446 e.